The molecule has 2 aliphatic rings. The van der Waals surface area contributed by atoms with Crippen molar-refractivity contribution in [2.45, 2.75) is 38.1 Å². The monoisotopic (exact) mass is 349 g/mol. The van der Waals surface area contributed by atoms with E-state index in [0.29, 0.717) is 12.8 Å². The Morgan fingerprint density at radius 1 is 1.29 bits per heavy atom. The van der Waals surface area contributed by atoms with Gasteiger partial charge in [0.05, 0.1) is 6.42 Å². The van der Waals surface area contributed by atoms with Crippen molar-refractivity contribution in [3.8, 4) is 0 Å². The molecule has 0 aromatic carbocycles. The summed E-state index contributed by atoms with van der Waals surface area (Å²) in [6.45, 7) is 6.03. The van der Waals surface area contributed by atoms with Crippen LogP contribution in [0.1, 0.15) is 31.7 Å². The molecule has 3 heterocycles. The first-order valence-electron chi connectivity index (χ1n) is 8.82. The Morgan fingerprint density at radius 2 is 2.12 bits per heavy atom. The molecule has 24 heavy (non-hydrogen) atoms. The summed E-state index contributed by atoms with van der Waals surface area (Å²) in [4.78, 5) is 31.3. The van der Waals surface area contributed by atoms with Crippen LogP contribution in [0.15, 0.2) is 16.8 Å². The van der Waals surface area contributed by atoms with Gasteiger partial charge in [0.1, 0.15) is 0 Å². The number of carbonyl (C=O) groups excluding carboxylic acids is 2. The summed E-state index contributed by atoms with van der Waals surface area (Å²) in [7, 11) is 2.15. The molecule has 0 aliphatic carbocycles. The van der Waals surface area contributed by atoms with Crippen LogP contribution < -0.4 is 0 Å². The third-order valence-corrected chi connectivity index (χ3v) is 6.41. The number of nitrogens with zero attached hydrogens (tertiary/aromatic N) is 3. The first-order chi connectivity index (χ1) is 11.5. The predicted molar refractivity (Wildman–Crippen MR) is 96.1 cm³/mol. The summed E-state index contributed by atoms with van der Waals surface area (Å²) in [6, 6.07) is 2.03. The van der Waals surface area contributed by atoms with Crippen LogP contribution in [0, 0.1) is 0 Å². The molecule has 132 valence electrons. The van der Waals surface area contributed by atoms with Crippen LogP contribution in [0.5, 0.6) is 0 Å². The number of amides is 2. The van der Waals surface area contributed by atoms with Gasteiger partial charge in [-0.25, -0.2) is 0 Å². The second-order valence-corrected chi connectivity index (χ2v) is 7.77. The van der Waals surface area contributed by atoms with Gasteiger partial charge >= 0.3 is 0 Å². The van der Waals surface area contributed by atoms with E-state index in [-0.39, 0.29) is 17.4 Å². The Bertz CT molecular complexity index is 589. The highest BCUT2D eigenvalue weighted by molar-refractivity contribution is 7.08. The Hall–Kier alpha value is -1.40. The molecule has 2 aliphatic heterocycles. The number of likely N-dealkylation sites (tertiary alicyclic amines) is 1. The van der Waals surface area contributed by atoms with Crippen LogP contribution in [0.25, 0.3) is 0 Å². The fourth-order valence-electron chi connectivity index (χ4n) is 3.92. The van der Waals surface area contributed by atoms with Crippen molar-refractivity contribution in [2.24, 2.45) is 0 Å². The average Bonchev–Trinajstić information content (AvgIpc) is 3.02. The fraction of sp³-hybridized carbons (Fsp3) is 0.667. The van der Waals surface area contributed by atoms with Crippen LogP contribution in [0.3, 0.4) is 0 Å². The Balaban J connectivity index is 1.70. The van der Waals surface area contributed by atoms with Crippen LogP contribution in [-0.4, -0.2) is 71.8 Å². The lowest BCUT2D eigenvalue weighted by atomic mass is 9.86. The van der Waals surface area contributed by atoms with Crippen LogP contribution in [-0.2, 0) is 16.0 Å². The molecule has 1 aromatic heterocycles. The van der Waals surface area contributed by atoms with E-state index in [1.807, 2.05) is 33.6 Å². The molecular weight excluding hydrogens is 322 g/mol. The highest BCUT2D eigenvalue weighted by atomic mass is 32.1. The average molecular weight is 350 g/mol. The summed E-state index contributed by atoms with van der Waals surface area (Å²) in [5.41, 5.74) is 1.05. The molecule has 0 radical (unpaired) electrons. The van der Waals surface area contributed by atoms with Crippen molar-refractivity contribution in [3.05, 3.63) is 22.4 Å². The van der Waals surface area contributed by atoms with Gasteiger partial charge in [-0.05, 0) is 49.2 Å². The SMILES string of the molecule is CCN1CCC2(CCC1=O)CN(C(=O)Cc1ccsc1)CCN2C. The zero-order valence-corrected chi connectivity index (χ0v) is 15.5. The van der Waals surface area contributed by atoms with Crippen LogP contribution in [0.4, 0.5) is 0 Å². The van der Waals surface area contributed by atoms with Crippen molar-refractivity contribution < 1.29 is 9.59 Å². The number of thiophene rings is 1. The Labute approximate surface area is 148 Å². The Morgan fingerprint density at radius 3 is 2.83 bits per heavy atom. The largest absolute Gasteiger partial charge is 0.343 e. The van der Waals surface area contributed by atoms with Crippen molar-refractivity contribution in [3.63, 3.8) is 0 Å². The first kappa shape index (κ1) is 17.4. The van der Waals surface area contributed by atoms with E-state index < -0.39 is 0 Å². The van der Waals surface area contributed by atoms with Crippen molar-refractivity contribution in [1.29, 1.82) is 0 Å². The molecule has 3 rings (SSSR count). The third kappa shape index (κ3) is 3.49. The maximum atomic E-state index is 12.7. The standard InChI is InChI=1S/C18H27N3O2S/c1-3-20-8-7-18(6-4-16(20)22)14-21(10-9-19(18)2)17(23)12-15-5-11-24-13-15/h5,11,13H,3-4,6-10,12,14H2,1-2H3. The second-order valence-electron chi connectivity index (χ2n) is 6.99. The molecule has 0 bridgehead atoms. The number of likely N-dealkylation sites (N-methyl/N-ethyl adjacent to an activating group) is 1. The van der Waals surface area contributed by atoms with Gasteiger partial charge in [0.2, 0.25) is 11.8 Å². The summed E-state index contributed by atoms with van der Waals surface area (Å²) in [5, 5.41) is 4.07. The molecule has 1 unspecified atom stereocenters. The van der Waals surface area contributed by atoms with Crippen molar-refractivity contribution in [2.75, 3.05) is 39.8 Å². The smallest absolute Gasteiger partial charge is 0.227 e. The van der Waals surface area contributed by atoms with Gasteiger partial charge < -0.3 is 9.80 Å². The minimum absolute atomic E-state index is 0.0534. The topological polar surface area (TPSA) is 43.9 Å². The molecule has 0 N–H and O–H groups in total. The highest BCUT2D eigenvalue weighted by Crippen LogP contribution is 2.32. The summed E-state index contributed by atoms with van der Waals surface area (Å²) >= 11 is 1.63. The maximum absolute atomic E-state index is 12.7. The lowest BCUT2D eigenvalue weighted by Crippen LogP contribution is -2.62. The fourth-order valence-corrected chi connectivity index (χ4v) is 4.59. The Kier molecular flexibility index (Phi) is 5.25. The minimum atomic E-state index is -0.0534. The van der Waals surface area contributed by atoms with Crippen molar-refractivity contribution in [1.82, 2.24) is 14.7 Å². The van der Waals surface area contributed by atoms with Crippen LogP contribution >= 0.6 is 11.3 Å². The maximum Gasteiger partial charge on any atom is 0.227 e. The van der Waals surface area contributed by atoms with Crippen molar-refractivity contribution >= 4 is 23.2 Å². The van der Waals surface area contributed by atoms with Gasteiger partial charge in [0.15, 0.2) is 0 Å². The molecule has 6 heteroatoms. The van der Waals surface area contributed by atoms with Gasteiger partial charge in [-0.3, -0.25) is 14.5 Å². The predicted octanol–water partition coefficient (Wildman–Crippen LogP) is 1.84. The second kappa shape index (κ2) is 7.23. The van der Waals surface area contributed by atoms with E-state index in [4.69, 9.17) is 0 Å². The first-order valence-corrected chi connectivity index (χ1v) is 9.76. The van der Waals surface area contributed by atoms with Crippen LogP contribution in [0.2, 0.25) is 0 Å². The molecule has 1 aromatic rings. The summed E-state index contributed by atoms with van der Waals surface area (Å²) < 4.78 is 0. The third-order valence-electron chi connectivity index (χ3n) is 5.67. The number of rotatable bonds is 3. The van der Waals surface area contributed by atoms with E-state index in [1.165, 1.54) is 0 Å². The lowest BCUT2D eigenvalue weighted by molar-refractivity contribution is -0.136. The van der Waals surface area contributed by atoms with E-state index in [1.54, 1.807) is 11.3 Å². The molecule has 2 saturated heterocycles. The van der Waals surface area contributed by atoms with Gasteiger partial charge in [-0.15, -0.1) is 0 Å². The zero-order chi connectivity index (χ0) is 17.2. The molecular formula is C18H27N3O2S. The van der Waals surface area contributed by atoms with Gasteiger partial charge in [-0.1, -0.05) is 0 Å². The van der Waals surface area contributed by atoms with E-state index in [9.17, 15) is 9.59 Å². The van der Waals surface area contributed by atoms with Gasteiger partial charge in [-0.2, -0.15) is 11.3 Å². The van der Waals surface area contributed by atoms with Gasteiger partial charge in [0.25, 0.3) is 0 Å². The summed E-state index contributed by atoms with van der Waals surface area (Å²) in [6.07, 6.45) is 2.88. The van der Waals surface area contributed by atoms with Gasteiger partial charge in [0, 0.05) is 44.7 Å². The molecule has 2 fully saturated rings. The zero-order valence-electron chi connectivity index (χ0n) is 14.7. The van der Waals surface area contributed by atoms with E-state index in [2.05, 4.69) is 11.9 Å². The molecule has 5 nitrogen and oxygen atoms in total. The number of piperazine rings is 1. The quantitative estimate of drug-likeness (QED) is 0.836. The highest BCUT2D eigenvalue weighted by Gasteiger charge is 2.43. The van der Waals surface area contributed by atoms with E-state index in [0.717, 1.165) is 51.1 Å². The molecule has 2 amide bonds. The number of carbonyl (C=O) groups is 2. The number of hydrogen-bond donors (Lipinski definition) is 0. The minimum Gasteiger partial charge on any atom is -0.343 e. The lowest BCUT2D eigenvalue weighted by Gasteiger charge is -2.49. The van der Waals surface area contributed by atoms with E-state index >= 15 is 0 Å². The molecule has 1 atom stereocenters. The molecule has 0 saturated carbocycles. The summed E-state index contributed by atoms with van der Waals surface area (Å²) in [5.74, 6) is 0.466. The normalized spacial score (nSPS) is 26.0. The molecule has 1 spiro atoms. The number of hydrogen-bond acceptors (Lipinski definition) is 4.